The van der Waals surface area contributed by atoms with E-state index in [1.165, 1.54) is 30.7 Å². The minimum atomic E-state index is -0.0463. The Hall–Kier alpha value is -0.570. The van der Waals surface area contributed by atoms with Crippen molar-refractivity contribution < 1.29 is 14.0 Å². The number of rotatable bonds is 4. The number of carbonyl (C=O) groups is 1. The number of hydrogen-bond acceptors (Lipinski definition) is 2. The molecule has 0 amide bonds. The Kier molecular flexibility index (Phi) is 7.39. The molecule has 0 spiro atoms. The maximum Gasteiger partial charge on any atom is 0.305 e. The third kappa shape index (κ3) is 5.17. The molecule has 1 aliphatic rings. The topological polar surface area (TPSA) is 26.3 Å². The van der Waals surface area contributed by atoms with Crippen LogP contribution in [0, 0.1) is 0 Å². The molecule has 0 bridgehead atoms. The van der Waals surface area contributed by atoms with Crippen LogP contribution >= 0.6 is 0 Å². The molecule has 1 rings (SSSR count). The molecule has 1 fully saturated rings. The number of ether oxygens (including phenoxy) is 1. The van der Waals surface area contributed by atoms with Gasteiger partial charge in [0.05, 0.1) is 32.8 Å². The summed E-state index contributed by atoms with van der Waals surface area (Å²) in [5.41, 5.74) is 0. The first-order valence-corrected chi connectivity index (χ1v) is 6.14. The van der Waals surface area contributed by atoms with Gasteiger partial charge in [0.1, 0.15) is 0 Å². The number of nitrogens with zero attached hydrogens (tertiary/aromatic N) is 1. The summed E-state index contributed by atoms with van der Waals surface area (Å²) < 4.78 is 5.79. The summed E-state index contributed by atoms with van der Waals surface area (Å²) in [6, 6.07) is 0. The molecule has 0 aliphatic carbocycles. The van der Waals surface area contributed by atoms with E-state index in [4.69, 9.17) is 0 Å². The van der Waals surface area contributed by atoms with Gasteiger partial charge >= 0.3 is 5.97 Å². The standard InChI is InChI=1S/C8H20N.C4H6O2/c1-5-9(6-2,7-3)8-4;5-4-2-1-3-6-4/h5-8H2,1-4H3;1-3H2/q+1;. The van der Waals surface area contributed by atoms with Gasteiger partial charge in [0, 0.05) is 6.42 Å². The summed E-state index contributed by atoms with van der Waals surface area (Å²) in [5.74, 6) is -0.0463. The quantitative estimate of drug-likeness (QED) is 0.532. The van der Waals surface area contributed by atoms with Gasteiger partial charge in [-0.05, 0) is 34.1 Å². The van der Waals surface area contributed by atoms with E-state index in [-0.39, 0.29) is 5.97 Å². The first kappa shape index (κ1) is 14.4. The van der Waals surface area contributed by atoms with Gasteiger partial charge in [0.2, 0.25) is 0 Å². The zero-order chi connectivity index (χ0) is 11.7. The first-order valence-electron chi connectivity index (χ1n) is 6.14. The third-order valence-corrected chi connectivity index (χ3v) is 3.47. The van der Waals surface area contributed by atoms with E-state index < -0.39 is 0 Å². The van der Waals surface area contributed by atoms with Crippen molar-refractivity contribution in [3.63, 3.8) is 0 Å². The summed E-state index contributed by atoms with van der Waals surface area (Å²) in [4.78, 5) is 10.0. The zero-order valence-corrected chi connectivity index (χ0v) is 10.7. The van der Waals surface area contributed by atoms with E-state index in [0.29, 0.717) is 13.0 Å². The van der Waals surface area contributed by atoms with E-state index in [2.05, 4.69) is 32.4 Å². The van der Waals surface area contributed by atoms with Crippen LogP contribution in [0.2, 0.25) is 0 Å². The van der Waals surface area contributed by atoms with Crippen LogP contribution < -0.4 is 0 Å². The van der Waals surface area contributed by atoms with Gasteiger partial charge in [-0.3, -0.25) is 4.79 Å². The highest BCUT2D eigenvalue weighted by Gasteiger charge is 2.16. The second kappa shape index (κ2) is 7.69. The van der Waals surface area contributed by atoms with Gasteiger partial charge in [-0.1, -0.05) is 0 Å². The summed E-state index contributed by atoms with van der Waals surface area (Å²) in [5, 5.41) is 0. The largest absolute Gasteiger partial charge is 0.466 e. The number of cyclic esters (lactones) is 1. The Morgan fingerprint density at radius 3 is 1.60 bits per heavy atom. The average molecular weight is 216 g/mol. The average Bonchev–Trinajstić information content (AvgIpc) is 2.74. The second-order valence-electron chi connectivity index (χ2n) is 3.93. The lowest BCUT2D eigenvalue weighted by Crippen LogP contribution is -2.47. The van der Waals surface area contributed by atoms with E-state index in [0.717, 1.165) is 6.42 Å². The van der Waals surface area contributed by atoms with Crippen LogP contribution in [0.5, 0.6) is 0 Å². The molecular formula is C12H26NO2+. The monoisotopic (exact) mass is 216 g/mol. The van der Waals surface area contributed by atoms with Crippen molar-refractivity contribution in [3.8, 4) is 0 Å². The van der Waals surface area contributed by atoms with Gasteiger partial charge in [-0.15, -0.1) is 0 Å². The fourth-order valence-electron chi connectivity index (χ4n) is 1.82. The molecule has 1 heterocycles. The van der Waals surface area contributed by atoms with Crippen molar-refractivity contribution in [2.45, 2.75) is 40.5 Å². The molecule has 0 aromatic heterocycles. The molecule has 0 atom stereocenters. The molecule has 0 aromatic rings. The van der Waals surface area contributed by atoms with Gasteiger partial charge in [-0.2, -0.15) is 0 Å². The Bertz CT molecular complexity index is 151. The van der Waals surface area contributed by atoms with Crippen molar-refractivity contribution in [1.82, 2.24) is 0 Å². The lowest BCUT2D eigenvalue weighted by Gasteiger charge is -2.34. The summed E-state index contributed by atoms with van der Waals surface area (Å²) in [7, 11) is 0. The van der Waals surface area contributed by atoms with E-state index in [9.17, 15) is 4.79 Å². The lowest BCUT2D eigenvalue weighted by molar-refractivity contribution is -0.921. The lowest BCUT2D eigenvalue weighted by atomic mass is 10.3. The Morgan fingerprint density at radius 1 is 1.07 bits per heavy atom. The molecule has 90 valence electrons. The van der Waals surface area contributed by atoms with Crippen LogP contribution in [0.4, 0.5) is 0 Å². The zero-order valence-electron chi connectivity index (χ0n) is 10.7. The van der Waals surface area contributed by atoms with Crippen LogP contribution in [0.25, 0.3) is 0 Å². The Morgan fingerprint density at radius 2 is 1.53 bits per heavy atom. The van der Waals surface area contributed by atoms with Crippen molar-refractivity contribution in [3.05, 3.63) is 0 Å². The summed E-state index contributed by atoms with van der Waals surface area (Å²) in [6.07, 6.45) is 1.54. The highest BCUT2D eigenvalue weighted by Crippen LogP contribution is 2.03. The van der Waals surface area contributed by atoms with Crippen LogP contribution in [0.1, 0.15) is 40.5 Å². The molecule has 0 aromatic carbocycles. The van der Waals surface area contributed by atoms with E-state index in [1.54, 1.807) is 0 Å². The van der Waals surface area contributed by atoms with Crippen LogP contribution in [0.15, 0.2) is 0 Å². The minimum absolute atomic E-state index is 0.0463. The molecule has 0 N–H and O–H groups in total. The fourth-order valence-corrected chi connectivity index (χ4v) is 1.82. The molecule has 1 aliphatic heterocycles. The second-order valence-corrected chi connectivity index (χ2v) is 3.93. The first-order chi connectivity index (χ1) is 7.14. The van der Waals surface area contributed by atoms with Crippen molar-refractivity contribution >= 4 is 5.97 Å². The van der Waals surface area contributed by atoms with Crippen molar-refractivity contribution in [2.75, 3.05) is 32.8 Å². The molecule has 15 heavy (non-hydrogen) atoms. The molecule has 0 radical (unpaired) electrons. The van der Waals surface area contributed by atoms with Crippen molar-refractivity contribution in [1.29, 1.82) is 0 Å². The van der Waals surface area contributed by atoms with Crippen LogP contribution in [0.3, 0.4) is 0 Å². The van der Waals surface area contributed by atoms with E-state index >= 15 is 0 Å². The fraction of sp³-hybridized carbons (Fsp3) is 0.917. The molecule has 3 heteroatoms. The maximum absolute atomic E-state index is 10.0. The van der Waals surface area contributed by atoms with E-state index in [1.807, 2.05) is 0 Å². The SMILES string of the molecule is CC[N+](CC)(CC)CC.O=C1CCCO1. The molecule has 1 saturated heterocycles. The predicted molar refractivity (Wildman–Crippen MR) is 62.6 cm³/mol. The maximum atomic E-state index is 10.0. The molecular weight excluding hydrogens is 190 g/mol. The molecule has 0 saturated carbocycles. The Balaban J connectivity index is 0.000000280. The number of carbonyl (C=O) groups excluding carboxylic acids is 1. The van der Waals surface area contributed by atoms with Gasteiger partial charge in [0.25, 0.3) is 0 Å². The van der Waals surface area contributed by atoms with Gasteiger partial charge in [0.15, 0.2) is 0 Å². The molecule has 0 unspecified atom stereocenters. The smallest absolute Gasteiger partial charge is 0.305 e. The number of esters is 1. The Labute approximate surface area is 94.0 Å². The highest BCUT2D eigenvalue weighted by atomic mass is 16.5. The number of quaternary nitrogens is 1. The molecule has 3 nitrogen and oxygen atoms in total. The van der Waals surface area contributed by atoms with Gasteiger partial charge < -0.3 is 9.22 Å². The van der Waals surface area contributed by atoms with Gasteiger partial charge in [-0.25, -0.2) is 0 Å². The third-order valence-electron chi connectivity index (χ3n) is 3.47. The minimum Gasteiger partial charge on any atom is -0.466 e. The van der Waals surface area contributed by atoms with Crippen molar-refractivity contribution in [2.24, 2.45) is 0 Å². The predicted octanol–water partition coefficient (Wildman–Crippen LogP) is 2.21. The normalized spacial score (nSPS) is 15.6. The van der Waals surface area contributed by atoms with Crippen LogP contribution in [-0.2, 0) is 9.53 Å². The highest BCUT2D eigenvalue weighted by molar-refractivity contribution is 5.70. The summed E-state index contributed by atoms with van der Waals surface area (Å²) >= 11 is 0. The van der Waals surface area contributed by atoms with Crippen LogP contribution in [-0.4, -0.2) is 43.2 Å². The summed E-state index contributed by atoms with van der Waals surface area (Å²) in [6.45, 7) is 14.9. The number of hydrogen-bond donors (Lipinski definition) is 0.